The summed E-state index contributed by atoms with van der Waals surface area (Å²) in [5.41, 5.74) is 9.96. The van der Waals surface area contributed by atoms with Crippen LogP contribution in [0.3, 0.4) is 0 Å². The highest BCUT2D eigenvalue weighted by Crippen LogP contribution is 2.21. The van der Waals surface area contributed by atoms with Gasteiger partial charge >= 0.3 is 0 Å². The quantitative estimate of drug-likeness (QED) is 0.645. The van der Waals surface area contributed by atoms with Crippen molar-refractivity contribution >= 4 is 17.7 Å². The molecule has 4 N–H and O–H groups in total. The minimum Gasteiger partial charge on any atom is -0.379 e. The second kappa shape index (κ2) is 4.30. The molecule has 0 saturated carbocycles. The van der Waals surface area contributed by atoms with Crippen molar-refractivity contribution in [2.24, 2.45) is 11.5 Å². The molecule has 1 fully saturated rings. The number of carbonyl (C=O) groups excluding carboxylic acids is 1. The van der Waals surface area contributed by atoms with E-state index >= 15 is 0 Å². The molecule has 0 spiro atoms. The molecule has 0 bridgehead atoms. The Morgan fingerprint density at radius 3 is 2.69 bits per heavy atom. The molecule has 1 aliphatic rings. The van der Waals surface area contributed by atoms with Gasteiger partial charge in [0.15, 0.2) is 0 Å². The fraction of sp³-hybridized carbons (Fsp3) is 0.875. The van der Waals surface area contributed by atoms with Crippen molar-refractivity contribution in [3.63, 3.8) is 0 Å². The number of amides is 1. The second-order valence-corrected chi connectivity index (χ2v) is 4.97. The van der Waals surface area contributed by atoms with Crippen LogP contribution < -0.4 is 11.5 Å². The maximum absolute atomic E-state index is 10.8. The Balaban J connectivity index is 2.13. The summed E-state index contributed by atoms with van der Waals surface area (Å²) in [5.74, 6) is 0.433. The Morgan fingerprint density at radius 2 is 2.31 bits per heavy atom. The lowest BCUT2D eigenvalue weighted by molar-refractivity contribution is -0.122. The van der Waals surface area contributed by atoms with E-state index in [9.17, 15) is 4.79 Å². The molecular weight excluding hydrogens is 188 g/mol. The lowest BCUT2D eigenvalue weighted by Crippen LogP contribution is -2.49. The first-order chi connectivity index (χ1) is 6.02. The van der Waals surface area contributed by atoms with Crippen LogP contribution in [0.25, 0.3) is 0 Å². The van der Waals surface area contributed by atoms with Gasteiger partial charge in [0.05, 0.1) is 24.0 Å². The minimum absolute atomic E-state index is 0.432. The van der Waals surface area contributed by atoms with Crippen molar-refractivity contribution in [2.75, 3.05) is 19.0 Å². The van der Waals surface area contributed by atoms with Gasteiger partial charge in [-0.3, -0.25) is 4.79 Å². The Kier molecular flexibility index (Phi) is 3.58. The molecule has 1 saturated heterocycles. The standard InChI is InChI=1S/C8H16N2O2S/c1-8(10,7(9)11)2-3-13-6-4-12-5-6/h6H,2-5,10H2,1H3,(H2,9,11). The Bertz CT molecular complexity index is 193. The minimum atomic E-state index is -0.863. The number of nitrogens with two attached hydrogens (primary N) is 2. The average Bonchev–Trinajstić information content (AvgIpc) is 1.94. The Morgan fingerprint density at radius 1 is 1.69 bits per heavy atom. The average molecular weight is 204 g/mol. The molecule has 0 aromatic heterocycles. The van der Waals surface area contributed by atoms with Crippen molar-refractivity contribution in [3.8, 4) is 0 Å². The van der Waals surface area contributed by atoms with Crippen molar-refractivity contribution in [1.82, 2.24) is 0 Å². The zero-order valence-electron chi connectivity index (χ0n) is 7.79. The van der Waals surface area contributed by atoms with Crippen LogP contribution in [0.15, 0.2) is 0 Å². The van der Waals surface area contributed by atoms with Gasteiger partial charge in [-0.15, -0.1) is 0 Å². The summed E-state index contributed by atoms with van der Waals surface area (Å²) in [7, 11) is 0. The van der Waals surface area contributed by atoms with E-state index < -0.39 is 11.4 Å². The molecule has 1 unspecified atom stereocenters. The third-order valence-electron chi connectivity index (χ3n) is 2.15. The predicted molar refractivity (Wildman–Crippen MR) is 53.5 cm³/mol. The zero-order chi connectivity index (χ0) is 9.90. The SMILES string of the molecule is CC(N)(CCSC1COC1)C(N)=O. The summed E-state index contributed by atoms with van der Waals surface area (Å²) in [5, 5.41) is 0.587. The van der Waals surface area contributed by atoms with Gasteiger partial charge in [0.1, 0.15) is 0 Å². The van der Waals surface area contributed by atoms with Crippen LogP contribution in [0.1, 0.15) is 13.3 Å². The molecule has 1 atom stereocenters. The van der Waals surface area contributed by atoms with Crippen LogP contribution in [0, 0.1) is 0 Å². The van der Waals surface area contributed by atoms with Crippen LogP contribution in [-0.4, -0.2) is 35.7 Å². The normalized spacial score (nSPS) is 22.0. The van der Waals surface area contributed by atoms with Crippen molar-refractivity contribution in [3.05, 3.63) is 0 Å². The molecule has 0 radical (unpaired) electrons. The number of hydrogen-bond acceptors (Lipinski definition) is 4. The molecular formula is C8H16N2O2S. The zero-order valence-corrected chi connectivity index (χ0v) is 8.60. The summed E-state index contributed by atoms with van der Waals surface area (Å²) < 4.78 is 5.02. The summed E-state index contributed by atoms with van der Waals surface area (Å²) in [4.78, 5) is 10.8. The van der Waals surface area contributed by atoms with Gasteiger partial charge in [-0.25, -0.2) is 0 Å². The van der Waals surface area contributed by atoms with E-state index in [0.29, 0.717) is 11.7 Å². The van der Waals surface area contributed by atoms with E-state index in [0.717, 1.165) is 19.0 Å². The molecule has 5 heteroatoms. The van der Waals surface area contributed by atoms with Crippen LogP contribution in [0.4, 0.5) is 0 Å². The van der Waals surface area contributed by atoms with Crippen molar-refractivity contribution in [1.29, 1.82) is 0 Å². The maximum atomic E-state index is 10.8. The lowest BCUT2D eigenvalue weighted by atomic mass is 10.0. The third-order valence-corrected chi connectivity index (χ3v) is 3.33. The largest absolute Gasteiger partial charge is 0.379 e. The maximum Gasteiger partial charge on any atom is 0.237 e. The highest BCUT2D eigenvalue weighted by atomic mass is 32.2. The molecule has 1 rings (SSSR count). The van der Waals surface area contributed by atoms with Crippen LogP contribution in [0.2, 0.25) is 0 Å². The van der Waals surface area contributed by atoms with E-state index in [-0.39, 0.29) is 0 Å². The van der Waals surface area contributed by atoms with Gasteiger partial charge in [-0.05, 0) is 19.1 Å². The smallest absolute Gasteiger partial charge is 0.237 e. The second-order valence-electron chi connectivity index (χ2n) is 3.56. The number of ether oxygens (including phenoxy) is 1. The van der Waals surface area contributed by atoms with Gasteiger partial charge in [0.25, 0.3) is 0 Å². The summed E-state index contributed by atoms with van der Waals surface area (Å²) >= 11 is 1.79. The van der Waals surface area contributed by atoms with Gasteiger partial charge in [0, 0.05) is 0 Å². The van der Waals surface area contributed by atoms with Gasteiger partial charge in [0.2, 0.25) is 5.91 Å². The fourth-order valence-electron chi connectivity index (χ4n) is 0.871. The number of hydrogen-bond donors (Lipinski definition) is 2. The van der Waals surface area contributed by atoms with E-state index in [1.165, 1.54) is 0 Å². The van der Waals surface area contributed by atoms with E-state index in [1.807, 2.05) is 0 Å². The molecule has 0 aromatic rings. The summed E-state index contributed by atoms with van der Waals surface area (Å²) in [6, 6.07) is 0. The molecule has 1 aliphatic heterocycles. The summed E-state index contributed by atoms with van der Waals surface area (Å²) in [6.45, 7) is 3.32. The molecule has 76 valence electrons. The van der Waals surface area contributed by atoms with Crippen LogP contribution in [-0.2, 0) is 9.53 Å². The van der Waals surface area contributed by atoms with E-state index in [4.69, 9.17) is 16.2 Å². The predicted octanol–water partition coefficient (Wildman–Crippen LogP) is -0.289. The molecule has 0 aromatic carbocycles. The van der Waals surface area contributed by atoms with E-state index in [1.54, 1.807) is 18.7 Å². The monoisotopic (exact) mass is 204 g/mol. The first-order valence-electron chi connectivity index (χ1n) is 4.30. The lowest BCUT2D eigenvalue weighted by Gasteiger charge is -2.27. The molecule has 1 amide bonds. The van der Waals surface area contributed by atoms with Crippen LogP contribution >= 0.6 is 11.8 Å². The molecule has 0 aliphatic carbocycles. The third kappa shape index (κ3) is 3.17. The van der Waals surface area contributed by atoms with Crippen molar-refractivity contribution < 1.29 is 9.53 Å². The molecule has 13 heavy (non-hydrogen) atoms. The first-order valence-corrected chi connectivity index (χ1v) is 5.35. The summed E-state index contributed by atoms with van der Waals surface area (Å²) in [6.07, 6.45) is 0.628. The highest BCUT2D eigenvalue weighted by molar-refractivity contribution is 8.00. The van der Waals surface area contributed by atoms with Crippen LogP contribution in [0.5, 0.6) is 0 Å². The van der Waals surface area contributed by atoms with Gasteiger partial charge < -0.3 is 16.2 Å². The van der Waals surface area contributed by atoms with Gasteiger partial charge in [-0.2, -0.15) is 11.8 Å². The number of primary amides is 1. The molecule has 4 nitrogen and oxygen atoms in total. The number of thioether (sulfide) groups is 1. The first kappa shape index (κ1) is 10.8. The number of carbonyl (C=O) groups is 1. The Labute approximate surface area is 82.4 Å². The molecule has 1 heterocycles. The van der Waals surface area contributed by atoms with Crippen molar-refractivity contribution in [2.45, 2.75) is 24.1 Å². The highest BCUT2D eigenvalue weighted by Gasteiger charge is 2.26. The number of rotatable bonds is 5. The fourth-order valence-corrected chi connectivity index (χ4v) is 2.13. The Hall–Kier alpha value is -0.260. The van der Waals surface area contributed by atoms with E-state index in [2.05, 4.69) is 0 Å². The topological polar surface area (TPSA) is 78.3 Å². The van der Waals surface area contributed by atoms with Gasteiger partial charge in [-0.1, -0.05) is 0 Å².